The van der Waals surface area contributed by atoms with Crippen LogP contribution in [-0.4, -0.2) is 37.6 Å². The number of rotatable bonds is 8. The summed E-state index contributed by atoms with van der Waals surface area (Å²) in [4.78, 5) is 21.6. The number of nitro groups is 1. The predicted molar refractivity (Wildman–Crippen MR) is 83.8 cm³/mol. The zero-order valence-corrected chi connectivity index (χ0v) is 13.2. The highest BCUT2D eigenvalue weighted by atomic mass is 127. The molecular weight excluding hydrogens is 377 g/mol. The fraction of sp³-hybridized carbons (Fsp3) is 0.417. The smallest absolute Gasteiger partial charge is 0.270 e. The zero-order valence-electron chi connectivity index (χ0n) is 11.0. The summed E-state index contributed by atoms with van der Waals surface area (Å²) >= 11 is 2.02. The first-order chi connectivity index (χ1) is 9.54. The number of non-ortho nitro benzene ring substituents is 1. The lowest BCUT2D eigenvalue weighted by Crippen LogP contribution is -2.28. The van der Waals surface area contributed by atoms with E-state index >= 15 is 0 Å². The third-order valence-electron chi connectivity index (χ3n) is 2.46. The molecule has 20 heavy (non-hydrogen) atoms. The highest BCUT2D eigenvalue weighted by Gasteiger charge is 2.09. The van der Waals surface area contributed by atoms with Gasteiger partial charge in [-0.3, -0.25) is 14.9 Å². The van der Waals surface area contributed by atoms with Crippen molar-refractivity contribution in [2.75, 3.05) is 32.1 Å². The maximum absolute atomic E-state index is 11.4. The number of hydrogen-bond acceptors (Lipinski definition) is 5. The summed E-state index contributed by atoms with van der Waals surface area (Å²) in [6, 6.07) is 4.56. The molecule has 0 aliphatic carbocycles. The summed E-state index contributed by atoms with van der Waals surface area (Å²) in [6.07, 6.45) is 0.330. The Morgan fingerprint density at radius 3 is 2.80 bits per heavy atom. The maximum Gasteiger partial charge on any atom is 0.270 e. The topological polar surface area (TPSA) is 93.5 Å². The molecule has 0 unspecified atom stereocenters. The number of carbonyl (C=O) groups excluding carboxylic acids is 1. The lowest BCUT2D eigenvalue weighted by atomic mass is 10.2. The number of methoxy groups -OCH3 is 1. The van der Waals surface area contributed by atoms with E-state index in [0.29, 0.717) is 26.1 Å². The van der Waals surface area contributed by atoms with Crippen LogP contribution in [-0.2, 0) is 9.53 Å². The van der Waals surface area contributed by atoms with Crippen LogP contribution >= 0.6 is 22.6 Å². The Bertz CT molecular complexity index is 482. The van der Waals surface area contributed by atoms with Gasteiger partial charge in [0.05, 0.1) is 11.5 Å². The Balaban J connectivity index is 2.38. The van der Waals surface area contributed by atoms with Crippen molar-refractivity contribution < 1.29 is 14.5 Å². The summed E-state index contributed by atoms with van der Waals surface area (Å²) in [5.74, 6) is -0.0635. The number of ether oxygens (including phenoxy) is 1. The van der Waals surface area contributed by atoms with Crippen molar-refractivity contribution in [1.82, 2.24) is 5.32 Å². The Labute approximate surface area is 130 Å². The average Bonchev–Trinajstić information content (AvgIpc) is 2.40. The number of nitro benzene ring substituents is 1. The van der Waals surface area contributed by atoms with Crippen LogP contribution in [0.1, 0.15) is 6.42 Å². The fourth-order valence-electron chi connectivity index (χ4n) is 1.45. The number of anilines is 1. The molecule has 0 bridgehead atoms. The minimum Gasteiger partial charge on any atom is -0.384 e. The lowest BCUT2D eigenvalue weighted by Gasteiger charge is -2.08. The highest BCUT2D eigenvalue weighted by molar-refractivity contribution is 14.1. The SMILES string of the molecule is COCCNC(=O)CCNc1ccc([N+](=O)[O-])cc1I. The minimum absolute atomic E-state index is 0.0530. The second-order valence-corrected chi connectivity index (χ2v) is 5.10. The number of carbonyl (C=O) groups is 1. The van der Waals surface area contributed by atoms with Crippen LogP contribution in [0.5, 0.6) is 0 Å². The van der Waals surface area contributed by atoms with Crippen LogP contribution in [0.3, 0.4) is 0 Å². The van der Waals surface area contributed by atoms with E-state index in [1.807, 2.05) is 22.6 Å². The van der Waals surface area contributed by atoms with Crippen molar-refractivity contribution in [2.45, 2.75) is 6.42 Å². The van der Waals surface area contributed by atoms with E-state index in [1.54, 1.807) is 13.2 Å². The van der Waals surface area contributed by atoms with Crippen molar-refractivity contribution >= 4 is 39.9 Å². The number of benzene rings is 1. The number of amides is 1. The molecule has 0 spiro atoms. The molecule has 7 nitrogen and oxygen atoms in total. The van der Waals surface area contributed by atoms with Crippen LogP contribution in [0.2, 0.25) is 0 Å². The Morgan fingerprint density at radius 1 is 1.45 bits per heavy atom. The van der Waals surface area contributed by atoms with Gasteiger partial charge in [-0.15, -0.1) is 0 Å². The van der Waals surface area contributed by atoms with E-state index in [9.17, 15) is 14.9 Å². The van der Waals surface area contributed by atoms with Gasteiger partial charge in [-0.25, -0.2) is 0 Å². The molecule has 0 heterocycles. The molecule has 2 N–H and O–H groups in total. The molecule has 0 atom stereocenters. The van der Waals surface area contributed by atoms with Crippen LogP contribution in [0.4, 0.5) is 11.4 Å². The first-order valence-corrected chi connectivity index (χ1v) is 7.06. The number of nitrogens with zero attached hydrogens (tertiary/aromatic N) is 1. The normalized spacial score (nSPS) is 10.1. The zero-order chi connectivity index (χ0) is 15.0. The summed E-state index contributed by atoms with van der Waals surface area (Å²) in [6.45, 7) is 1.44. The van der Waals surface area contributed by atoms with Crippen molar-refractivity contribution in [2.24, 2.45) is 0 Å². The van der Waals surface area contributed by atoms with Crippen LogP contribution in [0.25, 0.3) is 0 Å². The van der Waals surface area contributed by atoms with Gasteiger partial charge in [0.1, 0.15) is 0 Å². The van der Waals surface area contributed by atoms with Crippen LogP contribution in [0.15, 0.2) is 18.2 Å². The van der Waals surface area contributed by atoms with E-state index in [4.69, 9.17) is 4.74 Å². The molecule has 0 saturated carbocycles. The van der Waals surface area contributed by atoms with Gasteiger partial charge >= 0.3 is 0 Å². The molecule has 0 radical (unpaired) electrons. The first-order valence-electron chi connectivity index (χ1n) is 5.98. The molecule has 0 aliphatic rings. The van der Waals surface area contributed by atoms with E-state index in [0.717, 1.165) is 9.26 Å². The van der Waals surface area contributed by atoms with Gasteiger partial charge in [-0.05, 0) is 28.7 Å². The molecule has 0 aromatic heterocycles. The number of hydrogen-bond donors (Lipinski definition) is 2. The second kappa shape index (κ2) is 8.69. The molecule has 1 amide bonds. The molecule has 110 valence electrons. The van der Waals surface area contributed by atoms with Crippen molar-refractivity contribution in [1.29, 1.82) is 0 Å². The average molecular weight is 393 g/mol. The summed E-state index contributed by atoms with van der Waals surface area (Å²) in [5, 5.41) is 16.4. The highest BCUT2D eigenvalue weighted by Crippen LogP contribution is 2.23. The first kappa shape index (κ1) is 16.6. The fourth-order valence-corrected chi connectivity index (χ4v) is 2.14. The summed E-state index contributed by atoms with van der Waals surface area (Å²) in [5.41, 5.74) is 0.832. The van der Waals surface area contributed by atoms with Gasteiger partial charge < -0.3 is 15.4 Å². The molecule has 0 fully saturated rings. The number of nitrogens with one attached hydrogen (secondary N) is 2. The quantitative estimate of drug-likeness (QED) is 0.304. The lowest BCUT2D eigenvalue weighted by molar-refractivity contribution is -0.384. The molecule has 1 aromatic carbocycles. The van der Waals surface area contributed by atoms with E-state index in [2.05, 4.69) is 10.6 Å². The van der Waals surface area contributed by atoms with Crippen LogP contribution in [0, 0.1) is 13.7 Å². The van der Waals surface area contributed by atoms with Gasteiger partial charge in [-0.1, -0.05) is 0 Å². The molecule has 0 aliphatic heterocycles. The third-order valence-corrected chi connectivity index (χ3v) is 3.35. The Kier molecular flexibility index (Phi) is 7.23. The Hall–Kier alpha value is -1.42. The van der Waals surface area contributed by atoms with Crippen molar-refractivity contribution in [3.8, 4) is 0 Å². The van der Waals surface area contributed by atoms with Gasteiger partial charge in [0.2, 0.25) is 5.91 Å². The van der Waals surface area contributed by atoms with Gasteiger partial charge in [0.25, 0.3) is 5.69 Å². The summed E-state index contributed by atoms with van der Waals surface area (Å²) < 4.78 is 5.57. The number of halogens is 1. The molecule has 0 saturated heterocycles. The largest absolute Gasteiger partial charge is 0.384 e. The van der Waals surface area contributed by atoms with E-state index < -0.39 is 4.92 Å². The van der Waals surface area contributed by atoms with Gasteiger partial charge in [0, 0.05) is 48.0 Å². The van der Waals surface area contributed by atoms with E-state index in [1.165, 1.54) is 12.1 Å². The molecule has 1 aromatic rings. The van der Waals surface area contributed by atoms with Gasteiger partial charge in [0.15, 0.2) is 0 Å². The molecular formula is C12H16IN3O4. The van der Waals surface area contributed by atoms with E-state index in [-0.39, 0.29) is 11.6 Å². The standard InChI is InChI=1S/C12H16IN3O4/c1-20-7-6-15-12(17)4-5-14-11-3-2-9(16(18)19)8-10(11)13/h2-3,8,14H,4-7H2,1H3,(H,15,17). The predicted octanol–water partition coefficient (Wildman–Crippen LogP) is 1.76. The van der Waals surface area contributed by atoms with Gasteiger partial charge in [-0.2, -0.15) is 0 Å². The van der Waals surface area contributed by atoms with Crippen molar-refractivity contribution in [3.05, 3.63) is 31.9 Å². The van der Waals surface area contributed by atoms with Crippen LogP contribution < -0.4 is 10.6 Å². The second-order valence-electron chi connectivity index (χ2n) is 3.94. The molecule has 8 heteroatoms. The van der Waals surface area contributed by atoms with Crippen molar-refractivity contribution in [3.63, 3.8) is 0 Å². The monoisotopic (exact) mass is 393 g/mol. The Morgan fingerprint density at radius 2 is 2.20 bits per heavy atom. The molecule has 1 rings (SSSR count). The summed E-state index contributed by atoms with van der Waals surface area (Å²) in [7, 11) is 1.57. The minimum atomic E-state index is -0.435. The third kappa shape index (κ3) is 5.70. The maximum atomic E-state index is 11.4.